The lowest BCUT2D eigenvalue weighted by atomic mass is 9.90. The predicted octanol–water partition coefficient (Wildman–Crippen LogP) is 1.29. The number of imide groups is 1. The summed E-state index contributed by atoms with van der Waals surface area (Å²) in [5.41, 5.74) is 5.91. The fourth-order valence-electron chi connectivity index (χ4n) is 4.51. The average molecular weight is 375 g/mol. The van der Waals surface area contributed by atoms with E-state index in [9.17, 15) is 18.8 Å². The number of hydrogen-bond donors (Lipinski definition) is 1. The number of rotatable bonds is 4. The highest BCUT2D eigenvalue weighted by molar-refractivity contribution is 6.07. The lowest BCUT2D eigenvalue weighted by Crippen LogP contribution is -2.45. The number of carbonyl (C=O) groups excluding carboxylic acids is 3. The van der Waals surface area contributed by atoms with Gasteiger partial charge in [-0.25, -0.2) is 4.39 Å². The smallest absolute Gasteiger partial charge is 0.261 e. The summed E-state index contributed by atoms with van der Waals surface area (Å²) < 4.78 is 13.3. The zero-order valence-corrected chi connectivity index (χ0v) is 14.8. The largest absolute Gasteiger partial charge is 0.368 e. The summed E-state index contributed by atoms with van der Waals surface area (Å²) in [6.07, 6.45) is 3.75. The fourth-order valence-corrected chi connectivity index (χ4v) is 4.51. The monoisotopic (exact) mass is 375 g/mol. The minimum atomic E-state index is -0.964. The summed E-state index contributed by atoms with van der Waals surface area (Å²) in [5.74, 6) is -2.43. The third-order valence-electron chi connectivity index (χ3n) is 5.69. The maximum atomic E-state index is 13.3. The Balaban J connectivity index is 1.67. The van der Waals surface area contributed by atoms with E-state index in [1.807, 2.05) is 0 Å². The van der Waals surface area contributed by atoms with Gasteiger partial charge >= 0.3 is 0 Å². The normalized spacial score (nSPS) is 29.4. The van der Waals surface area contributed by atoms with Crippen molar-refractivity contribution in [3.63, 3.8) is 0 Å². The number of nitrogens with zero attached hydrogens (tertiary/aromatic N) is 2. The minimum Gasteiger partial charge on any atom is -0.368 e. The number of primary amides is 1. The van der Waals surface area contributed by atoms with Gasteiger partial charge in [-0.05, 0) is 30.5 Å². The van der Waals surface area contributed by atoms with Gasteiger partial charge in [0.1, 0.15) is 12.4 Å². The summed E-state index contributed by atoms with van der Waals surface area (Å²) in [6, 6.07) is 4.90. The molecule has 1 saturated carbocycles. The van der Waals surface area contributed by atoms with Crippen molar-refractivity contribution in [1.82, 2.24) is 9.96 Å². The predicted molar refractivity (Wildman–Crippen MR) is 92.1 cm³/mol. The molecule has 1 aliphatic carbocycles. The molecule has 0 spiro atoms. The van der Waals surface area contributed by atoms with Gasteiger partial charge in [0, 0.05) is 6.04 Å². The lowest BCUT2D eigenvalue weighted by Gasteiger charge is -2.32. The van der Waals surface area contributed by atoms with Gasteiger partial charge in [0.15, 0.2) is 6.10 Å². The molecule has 8 heteroatoms. The molecule has 2 heterocycles. The maximum Gasteiger partial charge on any atom is 0.261 e. The van der Waals surface area contributed by atoms with Crippen LogP contribution < -0.4 is 5.73 Å². The Morgan fingerprint density at radius 3 is 2.41 bits per heavy atom. The van der Waals surface area contributed by atoms with E-state index in [-0.39, 0.29) is 24.4 Å². The highest BCUT2D eigenvalue weighted by Crippen LogP contribution is 2.45. The molecular formula is C19H22FN3O4. The first-order chi connectivity index (χ1) is 13.0. The van der Waals surface area contributed by atoms with Crippen LogP contribution in [0.5, 0.6) is 0 Å². The van der Waals surface area contributed by atoms with Crippen LogP contribution in [0.25, 0.3) is 0 Å². The van der Waals surface area contributed by atoms with Crippen molar-refractivity contribution in [3.05, 3.63) is 35.6 Å². The van der Waals surface area contributed by atoms with Crippen molar-refractivity contribution in [3.8, 4) is 0 Å². The summed E-state index contributed by atoms with van der Waals surface area (Å²) in [7, 11) is 0. The van der Waals surface area contributed by atoms with Crippen molar-refractivity contribution in [2.45, 2.75) is 50.3 Å². The molecule has 4 rings (SSSR count). The number of fused-ring (bicyclic) bond motifs is 1. The molecule has 1 aromatic carbocycles. The summed E-state index contributed by atoms with van der Waals surface area (Å²) in [6.45, 7) is -0.251. The number of halogens is 1. The molecule has 3 aliphatic rings. The van der Waals surface area contributed by atoms with Gasteiger partial charge in [0.05, 0.1) is 12.0 Å². The fraction of sp³-hybridized carbons (Fsp3) is 0.526. The van der Waals surface area contributed by atoms with Gasteiger partial charge in [-0.1, -0.05) is 31.4 Å². The van der Waals surface area contributed by atoms with Gasteiger partial charge in [-0.15, -0.1) is 0 Å². The lowest BCUT2D eigenvalue weighted by molar-refractivity contribution is -0.183. The van der Waals surface area contributed by atoms with Crippen LogP contribution in [0.2, 0.25) is 0 Å². The zero-order valence-electron chi connectivity index (χ0n) is 14.8. The van der Waals surface area contributed by atoms with Crippen LogP contribution in [-0.2, 0) is 19.2 Å². The Morgan fingerprint density at radius 1 is 1.11 bits per heavy atom. The molecular weight excluding hydrogens is 353 g/mol. The molecule has 144 valence electrons. The van der Waals surface area contributed by atoms with Crippen LogP contribution >= 0.6 is 0 Å². The van der Waals surface area contributed by atoms with Gasteiger partial charge in [0.25, 0.3) is 5.91 Å². The van der Waals surface area contributed by atoms with Crippen LogP contribution in [0, 0.1) is 11.7 Å². The van der Waals surface area contributed by atoms with Gasteiger partial charge in [-0.2, -0.15) is 5.06 Å². The molecule has 7 nitrogen and oxygen atoms in total. The summed E-state index contributed by atoms with van der Waals surface area (Å²) in [4.78, 5) is 44.7. The Hall–Kier alpha value is -2.32. The second-order valence-electron chi connectivity index (χ2n) is 7.43. The zero-order chi connectivity index (χ0) is 19.1. The third-order valence-corrected chi connectivity index (χ3v) is 5.69. The average Bonchev–Trinajstić information content (AvgIpc) is 3.12. The molecule has 0 radical (unpaired) electrons. The Bertz CT molecular complexity index is 763. The number of carbonyl (C=O) groups is 3. The van der Waals surface area contributed by atoms with Crippen LogP contribution in [-0.4, -0.2) is 46.4 Å². The van der Waals surface area contributed by atoms with E-state index in [1.165, 1.54) is 22.1 Å². The number of hydroxylamine groups is 2. The molecule has 2 saturated heterocycles. The molecule has 27 heavy (non-hydrogen) atoms. The second kappa shape index (κ2) is 7.01. The van der Waals surface area contributed by atoms with Crippen LogP contribution in [0.15, 0.2) is 24.3 Å². The van der Waals surface area contributed by atoms with Crippen molar-refractivity contribution in [2.24, 2.45) is 11.7 Å². The molecule has 3 unspecified atom stereocenters. The number of nitrogens with two attached hydrogens (primary N) is 1. The first-order valence-corrected chi connectivity index (χ1v) is 9.31. The Labute approximate surface area is 156 Å². The highest BCUT2D eigenvalue weighted by atomic mass is 19.1. The molecule has 2 N–H and O–H groups in total. The molecule has 2 aliphatic heterocycles. The molecule has 3 fully saturated rings. The van der Waals surface area contributed by atoms with Crippen LogP contribution in [0.4, 0.5) is 4.39 Å². The third kappa shape index (κ3) is 3.12. The van der Waals surface area contributed by atoms with E-state index >= 15 is 0 Å². The van der Waals surface area contributed by atoms with Gasteiger partial charge in [-0.3, -0.25) is 24.1 Å². The standard InChI is InChI=1S/C19H22FN3O4/c20-12-8-6-11(7-9-12)16-15-17(27-22(16)10-14(21)24)19(26)23(18(15)25)13-4-2-1-3-5-13/h6-9,13,15-17H,1-5,10H2,(H2,21,24). The summed E-state index contributed by atoms with van der Waals surface area (Å²) >= 11 is 0. The molecule has 1 aromatic rings. The van der Waals surface area contributed by atoms with Crippen LogP contribution in [0.3, 0.4) is 0 Å². The number of hydrogen-bond acceptors (Lipinski definition) is 5. The van der Waals surface area contributed by atoms with Crippen molar-refractivity contribution >= 4 is 17.7 Å². The SMILES string of the molecule is NC(=O)CN1OC2C(=O)N(C3CCCCC3)C(=O)C2C1c1ccc(F)cc1. The Kier molecular flexibility index (Phi) is 4.69. The second-order valence-corrected chi connectivity index (χ2v) is 7.43. The Morgan fingerprint density at radius 2 is 1.78 bits per heavy atom. The van der Waals surface area contributed by atoms with E-state index < -0.39 is 29.8 Å². The highest BCUT2D eigenvalue weighted by Gasteiger charge is 2.60. The maximum absolute atomic E-state index is 13.3. The molecule has 3 atom stereocenters. The van der Waals surface area contributed by atoms with E-state index in [0.717, 1.165) is 32.1 Å². The van der Waals surface area contributed by atoms with Crippen molar-refractivity contribution in [2.75, 3.05) is 6.54 Å². The van der Waals surface area contributed by atoms with E-state index in [1.54, 1.807) is 12.1 Å². The molecule has 0 aromatic heterocycles. The topological polar surface area (TPSA) is 92.9 Å². The van der Waals surface area contributed by atoms with Crippen molar-refractivity contribution < 1.29 is 23.6 Å². The quantitative estimate of drug-likeness (QED) is 0.801. The number of likely N-dealkylation sites (tertiary alicyclic amines) is 1. The molecule has 3 amide bonds. The van der Waals surface area contributed by atoms with Crippen LogP contribution in [0.1, 0.15) is 43.7 Å². The molecule has 0 bridgehead atoms. The first-order valence-electron chi connectivity index (χ1n) is 9.31. The number of benzene rings is 1. The van der Waals surface area contributed by atoms with Crippen molar-refractivity contribution in [1.29, 1.82) is 0 Å². The first kappa shape index (κ1) is 18.1. The van der Waals surface area contributed by atoms with Gasteiger partial charge in [0.2, 0.25) is 11.8 Å². The summed E-state index contributed by atoms with van der Waals surface area (Å²) in [5, 5.41) is 1.29. The van der Waals surface area contributed by atoms with Gasteiger partial charge < -0.3 is 5.73 Å². The van der Waals surface area contributed by atoms with E-state index in [4.69, 9.17) is 10.6 Å². The van der Waals surface area contributed by atoms with E-state index in [2.05, 4.69) is 0 Å². The minimum absolute atomic E-state index is 0.0913. The number of amides is 3. The van der Waals surface area contributed by atoms with E-state index in [0.29, 0.717) is 5.56 Å².